The van der Waals surface area contributed by atoms with E-state index in [1.807, 2.05) is 0 Å². The Morgan fingerprint density at radius 1 is 0.708 bits per heavy atom. The molecule has 0 bridgehead atoms. The summed E-state index contributed by atoms with van der Waals surface area (Å²) >= 11 is 19.1. The Labute approximate surface area is 287 Å². The molecular weight excluding hydrogens is 694 g/mol. The van der Waals surface area contributed by atoms with Crippen molar-refractivity contribution in [2.24, 2.45) is 0 Å². The summed E-state index contributed by atoms with van der Waals surface area (Å²) in [6.07, 6.45) is 1.74. The van der Waals surface area contributed by atoms with E-state index in [-0.39, 0.29) is 70.1 Å². The molecule has 3 heterocycles. The molecule has 252 valence electrons. The lowest BCUT2D eigenvalue weighted by atomic mass is 9.87. The SMILES string of the molecule is O=c1onc(Cc2c(F)cccc2Cl)n1CCN1CCC(c2ccc(F)c(CCc3noc(=O)n3Cc3c(F)cccc3Cl)c2Cl)CC1. The summed E-state index contributed by atoms with van der Waals surface area (Å²) in [5, 5.41) is 8.38. The zero-order valence-electron chi connectivity index (χ0n) is 25.4. The van der Waals surface area contributed by atoms with Crippen LogP contribution in [0.2, 0.25) is 15.1 Å². The quantitative estimate of drug-likeness (QED) is 0.150. The van der Waals surface area contributed by atoms with E-state index in [4.69, 9.17) is 43.8 Å². The van der Waals surface area contributed by atoms with Crippen LogP contribution in [0.15, 0.2) is 67.2 Å². The lowest BCUT2D eigenvalue weighted by Gasteiger charge is -2.32. The predicted octanol–water partition coefficient (Wildman–Crippen LogP) is 6.67. The van der Waals surface area contributed by atoms with Gasteiger partial charge in [-0.15, -0.1) is 0 Å². The van der Waals surface area contributed by atoms with Crippen molar-refractivity contribution in [3.8, 4) is 0 Å². The molecule has 2 aromatic heterocycles. The van der Waals surface area contributed by atoms with Crippen molar-refractivity contribution in [1.82, 2.24) is 24.3 Å². The fourth-order valence-electron chi connectivity index (χ4n) is 6.08. The molecule has 48 heavy (non-hydrogen) atoms. The third kappa shape index (κ3) is 7.26. The molecule has 0 atom stereocenters. The number of hydrogen-bond acceptors (Lipinski definition) is 7. The van der Waals surface area contributed by atoms with Gasteiger partial charge in [-0.3, -0.25) is 18.2 Å². The molecule has 3 aromatic carbocycles. The average molecular weight is 723 g/mol. The number of hydrogen-bond donors (Lipinski definition) is 0. The average Bonchev–Trinajstić information content (AvgIpc) is 3.60. The molecule has 1 fully saturated rings. The second-order valence-corrected chi connectivity index (χ2v) is 12.8. The first kappa shape index (κ1) is 34.0. The molecule has 0 radical (unpaired) electrons. The minimum atomic E-state index is -0.781. The van der Waals surface area contributed by atoms with Gasteiger partial charge < -0.3 is 4.90 Å². The third-order valence-electron chi connectivity index (χ3n) is 8.78. The molecule has 0 saturated carbocycles. The molecule has 6 rings (SSSR count). The molecule has 0 N–H and O–H groups in total. The maximum absolute atomic E-state index is 15.1. The van der Waals surface area contributed by atoms with Crippen LogP contribution in [-0.4, -0.2) is 44.0 Å². The highest BCUT2D eigenvalue weighted by Crippen LogP contribution is 2.36. The number of likely N-dealkylation sites (tertiary alicyclic amines) is 1. The van der Waals surface area contributed by atoms with Crippen LogP contribution in [0.4, 0.5) is 13.2 Å². The molecule has 0 aliphatic carbocycles. The van der Waals surface area contributed by atoms with E-state index in [2.05, 4.69) is 15.2 Å². The van der Waals surface area contributed by atoms with E-state index in [1.165, 1.54) is 45.5 Å². The van der Waals surface area contributed by atoms with Crippen molar-refractivity contribution in [2.45, 2.75) is 51.1 Å². The van der Waals surface area contributed by atoms with Crippen LogP contribution < -0.4 is 11.5 Å². The Morgan fingerprint density at radius 2 is 1.31 bits per heavy atom. The van der Waals surface area contributed by atoms with Crippen LogP contribution in [-0.2, 0) is 32.4 Å². The number of halogens is 6. The molecule has 1 saturated heterocycles. The van der Waals surface area contributed by atoms with E-state index >= 15 is 4.39 Å². The van der Waals surface area contributed by atoms with Crippen LogP contribution in [0.1, 0.15) is 52.7 Å². The van der Waals surface area contributed by atoms with Crippen LogP contribution >= 0.6 is 34.8 Å². The minimum Gasteiger partial charge on any atom is -0.302 e. The van der Waals surface area contributed by atoms with E-state index in [9.17, 15) is 18.4 Å². The first-order valence-corrected chi connectivity index (χ1v) is 16.4. The normalized spacial score (nSPS) is 14.2. The Hall–Kier alpha value is -3.84. The van der Waals surface area contributed by atoms with Gasteiger partial charge in [-0.2, -0.15) is 0 Å². The summed E-state index contributed by atoms with van der Waals surface area (Å²) in [6.45, 7) is 2.04. The fraction of sp³-hybridized carbons (Fsp3) is 0.333. The predicted molar refractivity (Wildman–Crippen MR) is 173 cm³/mol. The number of piperidine rings is 1. The van der Waals surface area contributed by atoms with Gasteiger partial charge in [-0.25, -0.2) is 22.8 Å². The molecular formula is C33H29Cl3F3N5O4. The van der Waals surface area contributed by atoms with Gasteiger partial charge >= 0.3 is 11.5 Å². The van der Waals surface area contributed by atoms with E-state index < -0.39 is 29.0 Å². The highest BCUT2D eigenvalue weighted by Gasteiger charge is 2.26. The zero-order chi connectivity index (χ0) is 33.9. The van der Waals surface area contributed by atoms with Crippen molar-refractivity contribution in [3.63, 3.8) is 0 Å². The van der Waals surface area contributed by atoms with E-state index in [1.54, 1.807) is 12.1 Å². The smallest absolute Gasteiger partial charge is 0.302 e. The topological polar surface area (TPSA) is 99.3 Å². The van der Waals surface area contributed by atoms with Gasteiger partial charge in [-0.05, 0) is 74.2 Å². The summed E-state index contributed by atoms with van der Waals surface area (Å²) in [6, 6.07) is 11.7. The van der Waals surface area contributed by atoms with Gasteiger partial charge in [0.25, 0.3) is 0 Å². The Kier molecular flexibility index (Phi) is 10.4. The first-order valence-electron chi connectivity index (χ1n) is 15.3. The van der Waals surface area contributed by atoms with Crippen molar-refractivity contribution in [3.05, 3.63) is 136 Å². The fourth-order valence-corrected chi connectivity index (χ4v) is 6.94. The van der Waals surface area contributed by atoms with Crippen molar-refractivity contribution in [1.29, 1.82) is 0 Å². The number of nitrogens with zero attached hydrogens (tertiary/aromatic N) is 5. The Morgan fingerprint density at radius 3 is 1.98 bits per heavy atom. The maximum atomic E-state index is 15.1. The molecule has 1 aliphatic rings. The zero-order valence-corrected chi connectivity index (χ0v) is 27.7. The molecule has 15 heteroatoms. The lowest BCUT2D eigenvalue weighted by molar-refractivity contribution is 0.203. The summed E-state index contributed by atoms with van der Waals surface area (Å²) in [4.78, 5) is 26.9. The molecule has 1 aliphatic heterocycles. The summed E-state index contributed by atoms with van der Waals surface area (Å²) in [5.41, 5.74) is 1.46. The van der Waals surface area contributed by atoms with Crippen LogP contribution in [0, 0.1) is 17.5 Å². The van der Waals surface area contributed by atoms with Gasteiger partial charge in [0, 0.05) is 52.7 Å². The van der Waals surface area contributed by atoms with Gasteiger partial charge in [0.15, 0.2) is 11.6 Å². The molecule has 9 nitrogen and oxygen atoms in total. The van der Waals surface area contributed by atoms with Crippen LogP contribution in [0.3, 0.4) is 0 Å². The maximum Gasteiger partial charge on any atom is 0.441 e. The number of aryl methyl sites for hydroxylation is 1. The Balaban J connectivity index is 1.08. The van der Waals surface area contributed by atoms with Gasteiger partial charge in [0.1, 0.15) is 17.5 Å². The monoisotopic (exact) mass is 721 g/mol. The van der Waals surface area contributed by atoms with Gasteiger partial charge in [-0.1, -0.05) is 63.3 Å². The number of rotatable bonds is 11. The standard InChI is InChI=1S/C33H29Cl3F3N5O4/c34-24-3-1-5-26(37)22(24)17-30-41-47-32(45)43(30)16-15-42-13-11-19(12-14-42)20-7-9-28(39)21(31(20)36)8-10-29-40-48-33(46)44(29)18-23-25(35)4-2-6-27(23)38/h1-7,9,19H,8,10-18H2. The summed E-state index contributed by atoms with van der Waals surface area (Å²) in [7, 11) is 0. The van der Waals surface area contributed by atoms with Gasteiger partial charge in [0.05, 0.1) is 11.6 Å². The van der Waals surface area contributed by atoms with Crippen molar-refractivity contribution >= 4 is 34.8 Å². The van der Waals surface area contributed by atoms with Gasteiger partial charge in [0.2, 0.25) is 0 Å². The van der Waals surface area contributed by atoms with Crippen LogP contribution in [0.5, 0.6) is 0 Å². The minimum absolute atomic E-state index is 0.0133. The third-order valence-corrected chi connectivity index (χ3v) is 9.93. The highest BCUT2D eigenvalue weighted by atomic mass is 35.5. The Bertz CT molecular complexity index is 2010. The second-order valence-electron chi connectivity index (χ2n) is 11.6. The first-order chi connectivity index (χ1) is 23.1. The number of aromatic nitrogens is 4. The van der Waals surface area contributed by atoms with Crippen molar-refractivity contribution < 1.29 is 22.2 Å². The molecule has 0 unspecified atom stereocenters. The molecule has 5 aromatic rings. The number of benzene rings is 3. The van der Waals surface area contributed by atoms with E-state index in [0.717, 1.165) is 18.4 Å². The molecule has 0 amide bonds. The molecule has 0 spiro atoms. The van der Waals surface area contributed by atoms with Crippen LogP contribution in [0.25, 0.3) is 0 Å². The second kappa shape index (κ2) is 14.7. The lowest BCUT2D eigenvalue weighted by Crippen LogP contribution is -2.36. The summed E-state index contributed by atoms with van der Waals surface area (Å²) in [5.74, 6) is -2.39. The highest BCUT2D eigenvalue weighted by molar-refractivity contribution is 6.32. The van der Waals surface area contributed by atoms with E-state index in [0.29, 0.717) is 31.2 Å². The summed E-state index contributed by atoms with van der Waals surface area (Å²) < 4.78 is 56.0. The van der Waals surface area contributed by atoms with Crippen molar-refractivity contribution in [2.75, 3.05) is 19.6 Å². The largest absolute Gasteiger partial charge is 0.441 e.